The van der Waals surface area contributed by atoms with Gasteiger partial charge in [0, 0.05) is 32.4 Å². The van der Waals surface area contributed by atoms with Crippen LogP contribution in [0.4, 0.5) is 0 Å². The summed E-state index contributed by atoms with van der Waals surface area (Å²) in [6, 6.07) is 0. The SMILES string of the molecule is CCc1ncncc1C(=O)NCCN1C[C@@H](C)O[C@H](C)C1. The zero-order valence-electron chi connectivity index (χ0n) is 13.0. The number of amides is 1. The number of rotatable bonds is 5. The molecule has 1 fully saturated rings. The van der Waals surface area contributed by atoms with Crippen molar-refractivity contribution < 1.29 is 9.53 Å². The number of hydrogen-bond donors (Lipinski definition) is 1. The van der Waals surface area contributed by atoms with Crippen LogP contribution < -0.4 is 5.32 Å². The van der Waals surface area contributed by atoms with Gasteiger partial charge in [-0.05, 0) is 20.3 Å². The minimum Gasteiger partial charge on any atom is -0.373 e. The first kappa shape index (κ1) is 15.9. The van der Waals surface area contributed by atoms with Gasteiger partial charge in [-0.3, -0.25) is 9.69 Å². The quantitative estimate of drug-likeness (QED) is 0.872. The van der Waals surface area contributed by atoms with E-state index in [1.165, 1.54) is 6.33 Å². The summed E-state index contributed by atoms with van der Waals surface area (Å²) in [6.45, 7) is 9.42. The molecule has 1 amide bonds. The normalized spacial score (nSPS) is 23.0. The van der Waals surface area contributed by atoms with E-state index in [2.05, 4.69) is 34.0 Å². The molecule has 1 N–H and O–H groups in total. The molecule has 0 saturated carbocycles. The average Bonchev–Trinajstić information content (AvgIpc) is 2.46. The Balaban J connectivity index is 1.81. The first-order chi connectivity index (χ1) is 10.1. The van der Waals surface area contributed by atoms with Gasteiger partial charge in [0.15, 0.2) is 0 Å². The van der Waals surface area contributed by atoms with E-state index in [1.807, 2.05) is 6.92 Å². The summed E-state index contributed by atoms with van der Waals surface area (Å²) in [5.41, 5.74) is 1.36. The molecule has 0 bridgehead atoms. The summed E-state index contributed by atoms with van der Waals surface area (Å²) in [5, 5.41) is 2.95. The van der Waals surface area contributed by atoms with Crippen LogP contribution in [0.5, 0.6) is 0 Å². The van der Waals surface area contributed by atoms with Gasteiger partial charge >= 0.3 is 0 Å². The number of nitrogens with one attached hydrogen (secondary N) is 1. The van der Waals surface area contributed by atoms with Gasteiger partial charge in [-0.2, -0.15) is 0 Å². The Hall–Kier alpha value is -1.53. The molecule has 1 saturated heterocycles. The second-order valence-corrected chi connectivity index (χ2v) is 5.51. The standard InChI is InChI=1S/C15H24N4O2/c1-4-14-13(7-16-10-18-14)15(20)17-5-6-19-8-11(2)21-12(3)9-19/h7,10-12H,4-6,8-9H2,1-3H3,(H,17,20)/t11-,12-/m1/s1. The van der Waals surface area contributed by atoms with Crippen LogP contribution in [0.15, 0.2) is 12.5 Å². The first-order valence-electron chi connectivity index (χ1n) is 7.55. The first-order valence-corrected chi connectivity index (χ1v) is 7.55. The summed E-state index contributed by atoms with van der Waals surface area (Å²) in [5.74, 6) is -0.0955. The van der Waals surface area contributed by atoms with Crippen LogP contribution in [0, 0.1) is 0 Å². The van der Waals surface area contributed by atoms with E-state index in [0.717, 1.165) is 31.7 Å². The van der Waals surface area contributed by atoms with Crippen molar-refractivity contribution in [1.82, 2.24) is 20.2 Å². The second kappa shape index (κ2) is 7.47. The molecule has 6 nitrogen and oxygen atoms in total. The molecule has 2 rings (SSSR count). The smallest absolute Gasteiger partial charge is 0.254 e. The largest absolute Gasteiger partial charge is 0.373 e. The summed E-state index contributed by atoms with van der Waals surface area (Å²) in [4.78, 5) is 22.6. The van der Waals surface area contributed by atoms with Gasteiger partial charge in [-0.15, -0.1) is 0 Å². The van der Waals surface area contributed by atoms with E-state index in [9.17, 15) is 4.79 Å². The number of hydrogen-bond acceptors (Lipinski definition) is 5. The zero-order chi connectivity index (χ0) is 15.2. The average molecular weight is 292 g/mol. The third kappa shape index (κ3) is 4.47. The second-order valence-electron chi connectivity index (χ2n) is 5.51. The molecular weight excluding hydrogens is 268 g/mol. The van der Waals surface area contributed by atoms with Crippen LogP contribution in [0.2, 0.25) is 0 Å². The van der Waals surface area contributed by atoms with Crippen molar-refractivity contribution in [1.29, 1.82) is 0 Å². The van der Waals surface area contributed by atoms with E-state index in [0.29, 0.717) is 12.1 Å². The van der Waals surface area contributed by atoms with E-state index in [-0.39, 0.29) is 18.1 Å². The topological polar surface area (TPSA) is 67.4 Å². The van der Waals surface area contributed by atoms with Crippen molar-refractivity contribution in [2.75, 3.05) is 26.2 Å². The number of aromatic nitrogens is 2. The molecule has 2 atom stereocenters. The van der Waals surface area contributed by atoms with Crippen molar-refractivity contribution in [2.45, 2.75) is 39.4 Å². The van der Waals surface area contributed by atoms with Crippen molar-refractivity contribution >= 4 is 5.91 Å². The van der Waals surface area contributed by atoms with Crippen LogP contribution in [-0.4, -0.2) is 59.2 Å². The number of nitrogens with zero attached hydrogens (tertiary/aromatic N) is 3. The lowest BCUT2D eigenvalue weighted by Gasteiger charge is -2.35. The van der Waals surface area contributed by atoms with Gasteiger partial charge in [0.25, 0.3) is 5.91 Å². The molecule has 6 heteroatoms. The van der Waals surface area contributed by atoms with Gasteiger partial charge in [0.1, 0.15) is 6.33 Å². The van der Waals surface area contributed by atoms with Gasteiger partial charge in [0.2, 0.25) is 0 Å². The highest BCUT2D eigenvalue weighted by Gasteiger charge is 2.21. The summed E-state index contributed by atoms with van der Waals surface area (Å²) >= 11 is 0. The summed E-state index contributed by atoms with van der Waals surface area (Å²) in [7, 11) is 0. The molecule has 116 valence electrons. The van der Waals surface area contributed by atoms with Gasteiger partial charge in [0.05, 0.1) is 23.5 Å². The molecule has 0 spiro atoms. The Morgan fingerprint density at radius 2 is 2.14 bits per heavy atom. The van der Waals surface area contributed by atoms with Crippen LogP contribution >= 0.6 is 0 Å². The van der Waals surface area contributed by atoms with Crippen LogP contribution in [0.3, 0.4) is 0 Å². The highest BCUT2D eigenvalue weighted by atomic mass is 16.5. The molecule has 1 aliphatic rings. The van der Waals surface area contributed by atoms with Crippen LogP contribution in [0.1, 0.15) is 36.8 Å². The van der Waals surface area contributed by atoms with E-state index in [1.54, 1.807) is 6.20 Å². The third-order valence-electron chi connectivity index (χ3n) is 3.58. The zero-order valence-corrected chi connectivity index (χ0v) is 13.0. The third-order valence-corrected chi connectivity index (χ3v) is 3.58. The van der Waals surface area contributed by atoms with E-state index < -0.39 is 0 Å². The van der Waals surface area contributed by atoms with Crippen molar-refractivity contribution in [3.05, 3.63) is 23.8 Å². The molecule has 1 aromatic rings. The summed E-state index contributed by atoms with van der Waals surface area (Å²) in [6.07, 6.45) is 4.29. The monoisotopic (exact) mass is 292 g/mol. The predicted molar refractivity (Wildman–Crippen MR) is 80.2 cm³/mol. The number of ether oxygens (including phenoxy) is 1. The van der Waals surface area contributed by atoms with Crippen molar-refractivity contribution in [2.24, 2.45) is 0 Å². The highest BCUT2D eigenvalue weighted by molar-refractivity contribution is 5.94. The molecule has 0 aliphatic carbocycles. The Kier molecular flexibility index (Phi) is 5.64. The highest BCUT2D eigenvalue weighted by Crippen LogP contribution is 2.09. The predicted octanol–water partition coefficient (Wildman–Crippen LogP) is 0.878. The minimum absolute atomic E-state index is 0.0955. The molecule has 1 aromatic heterocycles. The van der Waals surface area contributed by atoms with Crippen LogP contribution in [-0.2, 0) is 11.2 Å². The van der Waals surface area contributed by atoms with Gasteiger partial charge < -0.3 is 10.1 Å². The Morgan fingerprint density at radius 3 is 2.81 bits per heavy atom. The molecule has 0 unspecified atom stereocenters. The fraction of sp³-hybridized carbons (Fsp3) is 0.667. The van der Waals surface area contributed by atoms with E-state index >= 15 is 0 Å². The molecule has 21 heavy (non-hydrogen) atoms. The fourth-order valence-corrected chi connectivity index (χ4v) is 2.72. The molecule has 2 heterocycles. The van der Waals surface area contributed by atoms with Crippen LogP contribution in [0.25, 0.3) is 0 Å². The van der Waals surface area contributed by atoms with Gasteiger partial charge in [-0.25, -0.2) is 9.97 Å². The molecule has 1 aliphatic heterocycles. The molecular formula is C15H24N4O2. The maximum atomic E-state index is 12.2. The Bertz CT molecular complexity index is 470. The fourth-order valence-electron chi connectivity index (χ4n) is 2.72. The van der Waals surface area contributed by atoms with Gasteiger partial charge in [-0.1, -0.05) is 6.92 Å². The minimum atomic E-state index is -0.0955. The Morgan fingerprint density at radius 1 is 1.43 bits per heavy atom. The Labute approximate surface area is 125 Å². The number of carbonyl (C=O) groups is 1. The maximum absolute atomic E-state index is 12.2. The van der Waals surface area contributed by atoms with E-state index in [4.69, 9.17) is 4.74 Å². The number of aryl methyl sites for hydroxylation is 1. The lowest BCUT2D eigenvalue weighted by atomic mass is 10.2. The molecule has 0 radical (unpaired) electrons. The summed E-state index contributed by atoms with van der Waals surface area (Å²) < 4.78 is 5.70. The maximum Gasteiger partial charge on any atom is 0.254 e. The molecule has 0 aromatic carbocycles. The van der Waals surface area contributed by atoms with Crippen molar-refractivity contribution in [3.63, 3.8) is 0 Å². The number of morpholine rings is 1. The number of carbonyl (C=O) groups excluding carboxylic acids is 1. The lowest BCUT2D eigenvalue weighted by Crippen LogP contribution is -2.47. The lowest BCUT2D eigenvalue weighted by molar-refractivity contribution is -0.0672. The van der Waals surface area contributed by atoms with Crippen molar-refractivity contribution in [3.8, 4) is 0 Å².